The van der Waals surface area contributed by atoms with Crippen LogP contribution in [0.25, 0.3) is 0 Å². The fourth-order valence-electron chi connectivity index (χ4n) is 1.86. The quantitative estimate of drug-likeness (QED) is 0.724. The van der Waals surface area contributed by atoms with Crippen molar-refractivity contribution in [1.29, 1.82) is 0 Å². The fourth-order valence-corrected chi connectivity index (χ4v) is 1.86. The predicted octanol–water partition coefficient (Wildman–Crippen LogP) is 2.83. The van der Waals surface area contributed by atoms with Crippen molar-refractivity contribution < 1.29 is 19.0 Å². The molecule has 2 aromatic carbocycles. The first kappa shape index (κ1) is 15.2. The monoisotopic (exact) mass is 323 g/mol. The molecule has 1 heterocycles. The summed E-state index contributed by atoms with van der Waals surface area (Å²) in [5.74, 6) is 4.59. The molecule has 0 aliphatic heterocycles. The van der Waals surface area contributed by atoms with Crippen LogP contribution in [0.4, 0.5) is 4.39 Å². The first-order valence-corrected chi connectivity index (χ1v) is 6.81. The predicted molar refractivity (Wildman–Crippen MR) is 82.2 cm³/mol. The zero-order valence-electron chi connectivity index (χ0n) is 12.2. The van der Waals surface area contributed by atoms with E-state index in [1.54, 1.807) is 36.4 Å². The van der Waals surface area contributed by atoms with Crippen molar-refractivity contribution in [3.63, 3.8) is 0 Å². The molecule has 0 bridgehead atoms. The maximum Gasteiger partial charge on any atom is 0.362 e. The minimum absolute atomic E-state index is 0.0638. The van der Waals surface area contributed by atoms with E-state index >= 15 is 0 Å². The van der Waals surface area contributed by atoms with Gasteiger partial charge in [-0.15, -0.1) is 5.10 Å². The van der Waals surface area contributed by atoms with Gasteiger partial charge in [-0.25, -0.2) is 14.3 Å². The molecule has 3 rings (SSSR count). The third kappa shape index (κ3) is 3.56. The standard InChI is InChI=1S/C17H10FN3O3/c18-13-8-6-11(7-9-13)4-5-12-2-1-3-14(10-12)24-16-15(17(22)23)19-21-20-16/h1-3,6-10H,(H,22,23)(H,19,20,21). The highest BCUT2D eigenvalue weighted by atomic mass is 19.1. The minimum atomic E-state index is -1.24. The lowest BCUT2D eigenvalue weighted by Crippen LogP contribution is -1.99. The molecule has 1 aromatic heterocycles. The Labute approximate surface area is 135 Å². The lowest BCUT2D eigenvalue weighted by molar-refractivity contribution is 0.0687. The minimum Gasteiger partial charge on any atom is -0.476 e. The molecule has 6 nitrogen and oxygen atoms in total. The van der Waals surface area contributed by atoms with Crippen LogP contribution in [-0.2, 0) is 0 Å². The van der Waals surface area contributed by atoms with Crippen LogP contribution in [0.2, 0.25) is 0 Å². The number of nitrogens with zero attached hydrogens (tertiary/aromatic N) is 2. The van der Waals surface area contributed by atoms with Crippen molar-refractivity contribution in [2.45, 2.75) is 0 Å². The Morgan fingerprint density at radius 3 is 2.62 bits per heavy atom. The number of carbonyl (C=O) groups is 1. The summed E-state index contributed by atoms with van der Waals surface area (Å²) in [6.45, 7) is 0. The Bertz CT molecular complexity index is 939. The van der Waals surface area contributed by atoms with Crippen LogP contribution in [0.1, 0.15) is 21.6 Å². The molecule has 0 atom stereocenters. The Balaban J connectivity index is 1.81. The maximum absolute atomic E-state index is 12.9. The number of aromatic carboxylic acids is 1. The number of H-pyrrole nitrogens is 1. The van der Waals surface area contributed by atoms with E-state index in [4.69, 9.17) is 9.84 Å². The number of carboxylic acids is 1. The average Bonchev–Trinajstić information content (AvgIpc) is 3.03. The number of benzene rings is 2. The third-order valence-corrected chi connectivity index (χ3v) is 2.97. The van der Waals surface area contributed by atoms with E-state index in [9.17, 15) is 9.18 Å². The van der Waals surface area contributed by atoms with Crippen molar-refractivity contribution in [1.82, 2.24) is 15.4 Å². The first-order chi connectivity index (χ1) is 11.6. The second kappa shape index (κ2) is 6.62. The van der Waals surface area contributed by atoms with Crippen LogP contribution >= 0.6 is 0 Å². The van der Waals surface area contributed by atoms with Gasteiger partial charge in [0.1, 0.15) is 11.6 Å². The normalized spacial score (nSPS) is 9.88. The number of carboxylic acid groups (broad SMARTS) is 1. The van der Waals surface area contributed by atoms with Crippen LogP contribution < -0.4 is 4.74 Å². The highest BCUT2D eigenvalue weighted by Crippen LogP contribution is 2.22. The summed E-state index contributed by atoms with van der Waals surface area (Å²) >= 11 is 0. The van der Waals surface area contributed by atoms with E-state index in [0.29, 0.717) is 16.9 Å². The van der Waals surface area contributed by atoms with E-state index in [1.165, 1.54) is 12.1 Å². The Hall–Kier alpha value is -3.66. The highest BCUT2D eigenvalue weighted by Gasteiger charge is 2.16. The zero-order valence-corrected chi connectivity index (χ0v) is 12.2. The molecule has 0 saturated carbocycles. The van der Waals surface area contributed by atoms with Gasteiger partial charge in [0.25, 0.3) is 5.88 Å². The van der Waals surface area contributed by atoms with Crippen molar-refractivity contribution in [2.24, 2.45) is 0 Å². The smallest absolute Gasteiger partial charge is 0.362 e. The van der Waals surface area contributed by atoms with Gasteiger partial charge in [0.05, 0.1) is 0 Å². The molecule has 3 aromatic rings. The number of ether oxygens (including phenoxy) is 1. The summed E-state index contributed by atoms with van der Waals surface area (Å²) in [4.78, 5) is 11.0. The van der Waals surface area contributed by atoms with Crippen LogP contribution in [-0.4, -0.2) is 26.5 Å². The van der Waals surface area contributed by atoms with Gasteiger partial charge < -0.3 is 9.84 Å². The number of hydrogen-bond acceptors (Lipinski definition) is 4. The van der Waals surface area contributed by atoms with E-state index < -0.39 is 5.97 Å². The van der Waals surface area contributed by atoms with Gasteiger partial charge in [0, 0.05) is 11.1 Å². The molecule has 0 aliphatic carbocycles. The second-order valence-corrected chi connectivity index (χ2v) is 4.68. The topological polar surface area (TPSA) is 88.1 Å². The van der Waals surface area contributed by atoms with E-state index in [-0.39, 0.29) is 17.4 Å². The lowest BCUT2D eigenvalue weighted by Gasteiger charge is -2.03. The van der Waals surface area contributed by atoms with Crippen molar-refractivity contribution in [3.05, 3.63) is 71.2 Å². The molecule has 118 valence electrons. The fraction of sp³-hybridized carbons (Fsp3) is 0. The van der Waals surface area contributed by atoms with Crippen LogP contribution in [0, 0.1) is 17.7 Å². The van der Waals surface area contributed by atoms with E-state index in [0.717, 1.165) is 0 Å². The second-order valence-electron chi connectivity index (χ2n) is 4.68. The SMILES string of the molecule is O=C(O)c1nn[nH]c1Oc1cccc(C#Cc2ccc(F)cc2)c1. The van der Waals surface area contributed by atoms with Crippen molar-refractivity contribution in [3.8, 4) is 23.5 Å². The summed E-state index contributed by atoms with van der Waals surface area (Å²) < 4.78 is 18.3. The lowest BCUT2D eigenvalue weighted by atomic mass is 10.2. The molecule has 24 heavy (non-hydrogen) atoms. The molecular formula is C17H10FN3O3. The Morgan fingerprint density at radius 1 is 1.12 bits per heavy atom. The number of halogens is 1. The average molecular weight is 323 g/mol. The molecule has 0 radical (unpaired) electrons. The number of aromatic amines is 1. The van der Waals surface area contributed by atoms with Crippen LogP contribution in [0.15, 0.2) is 48.5 Å². The first-order valence-electron chi connectivity index (χ1n) is 6.81. The molecule has 0 spiro atoms. The molecular weight excluding hydrogens is 313 g/mol. The zero-order chi connectivity index (χ0) is 16.9. The molecule has 0 unspecified atom stereocenters. The van der Waals surface area contributed by atoms with Crippen molar-refractivity contribution in [2.75, 3.05) is 0 Å². The Kier molecular flexibility index (Phi) is 4.21. The number of rotatable bonds is 3. The van der Waals surface area contributed by atoms with Gasteiger partial charge in [0.2, 0.25) is 5.69 Å². The highest BCUT2D eigenvalue weighted by molar-refractivity contribution is 5.87. The van der Waals surface area contributed by atoms with Crippen LogP contribution in [0.3, 0.4) is 0 Å². The summed E-state index contributed by atoms with van der Waals surface area (Å²) in [5.41, 5.74) is 1.02. The molecule has 0 fully saturated rings. The summed E-state index contributed by atoms with van der Waals surface area (Å²) in [6, 6.07) is 12.6. The third-order valence-electron chi connectivity index (χ3n) is 2.97. The number of nitrogens with one attached hydrogen (secondary N) is 1. The summed E-state index contributed by atoms with van der Waals surface area (Å²) in [7, 11) is 0. The molecule has 0 saturated heterocycles. The Morgan fingerprint density at radius 2 is 1.88 bits per heavy atom. The summed E-state index contributed by atoms with van der Waals surface area (Å²) in [6.07, 6.45) is 0. The van der Waals surface area contributed by atoms with Gasteiger partial charge >= 0.3 is 5.97 Å². The maximum atomic E-state index is 12.9. The van der Waals surface area contributed by atoms with Gasteiger partial charge in [0.15, 0.2) is 0 Å². The van der Waals surface area contributed by atoms with Crippen molar-refractivity contribution >= 4 is 5.97 Å². The summed E-state index contributed by atoms with van der Waals surface area (Å²) in [5, 5.41) is 18.2. The number of hydrogen-bond donors (Lipinski definition) is 2. The van der Waals surface area contributed by atoms with E-state index in [1.807, 2.05) is 0 Å². The van der Waals surface area contributed by atoms with Gasteiger partial charge in [-0.1, -0.05) is 23.1 Å². The molecule has 0 aliphatic rings. The largest absolute Gasteiger partial charge is 0.476 e. The number of aromatic nitrogens is 3. The van der Waals surface area contributed by atoms with Gasteiger partial charge in [-0.3, -0.25) is 0 Å². The van der Waals surface area contributed by atoms with Gasteiger partial charge in [-0.05, 0) is 42.5 Å². The molecule has 7 heteroatoms. The van der Waals surface area contributed by atoms with Gasteiger partial charge in [-0.2, -0.15) is 0 Å². The van der Waals surface area contributed by atoms with E-state index in [2.05, 4.69) is 27.3 Å². The van der Waals surface area contributed by atoms with Crippen LogP contribution in [0.5, 0.6) is 11.6 Å². The molecule has 0 amide bonds. The molecule has 2 N–H and O–H groups in total.